The molecule has 0 bridgehead atoms. The van der Waals surface area contributed by atoms with Gasteiger partial charge in [0.2, 0.25) is 0 Å². The molecule has 3 N–H and O–H groups in total. The van der Waals surface area contributed by atoms with E-state index in [1.165, 1.54) is 0 Å². The van der Waals surface area contributed by atoms with Crippen molar-refractivity contribution in [3.05, 3.63) is 57.5 Å². The molecule has 0 saturated heterocycles. The van der Waals surface area contributed by atoms with Crippen LogP contribution < -0.4 is 11.3 Å². The summed E-state index contributed by atoms with van der Waals surface area (Å²) in [5, 5.41) is 1.19. The minimum absolute atomic E-state index is 0.310. The van der Waals surface area contributed by atoms with Crippen LogP contribution in [0, 0.1) is 6.92 Å². The first-order chi connectivity index (χ1) is 8.11. The molecule has 0 aliphatic heterocycles. The highest BCUT2D eigenvalue weighted by atomic mass is 35.5. The third-order valence-electron chi connectivity index (χ3n) is 2.48. The quantitative estimate of drug-likeness (QED) is 0.664. The van der Waals surface area contributed by atoms with E-state index in [0.29, 0.717) is 15.8 Å². The minimum Gasteiger partial charge on any atom is -0.464 e. The lowest BCUT2D eigenvalue weighted by atomic mass is 10.1. The maximum absolute atomic E-state index is 6.13. The Morgan fingerprint density at radius 2 is 2.00 bits per heavy atom. The van der Waals surface area contributed by atoms with Crippen molar-refractivity contribution in [2.45, 2.75) is 13.0 Å². The number of nitrogens with two attached hydrogens (primary N) is 1. The first-order valence-corrected chi connectivity index (χ1v) is 5.85. The van der Waals surface area contributed by atoms with Gasteiger partial charge in [0, 0.05) is 10.0 Å². The number of halogens is 2. The van der Waals surface area contributed by atoms with Crippen molar-refractivity contribution >= 4 is 23.2 Å². The Bertz CT molecular complexity index is 525. The molecular formula is C12H12Cl2N2O. The van der Waals surface area contributed by atoms with E-state index in [1.54, 1.807) is 18.2 Å². The van der Waals surface area contributed by atoms with Gasteiger partial charge in [-0.2, -0.15) is 0 Å². The van der Waals surface area contributed by atoms with Crippen molar-refractivity contribution in [1.82, 2.24) is 5.43 Å². The van der Waals surface area contributed by atoms with E-state index in [9.17, 15) is 0 Å². The topological polar surface area (TPSA) is 51.2 Å². The molecule has 1 unspecified atom stereocenters. The Kier molecular flexibility index (Phi) is 3.74. The monoisotopic (exact) mass is 270 g/mol. The fourth-order valence-corrected chi connectivity index (χ4v) is 2.08. The fraction of sp³-hybridized carbons (Fsp3) is 0.167. The van der Waals surface area contributed by atoms with Crippen LogP contribution in [0.15, 0.2) is 34.7 Å². The number of nitrogens with one attached hydrogen (secondary N) is 1. The summed E-state index contributed by atoms with van der Waals surface area (Å²) in [7, 11) is 0. The summed E-state index contributed by atoms with van der Waals surface area (Å²) in [5.41, 5.74) is 3.47. The Morgan fingerprint density at radius 3 is 2.59 bits per heavy atom. The highest BCUT2D eigenvalue weighted by molar-refractivity contribution is 6.33. The normalized spacial score (nSPS) is 12.7. The van der Waals surface area contributed by atoms with Crippen LogP contribution in [-0.2, 0) is 0 Å². The molecule has 0 fully saturated rings. The summed E-state index contributed by atoms with van der Waals surface area (Å²) in [4.78, 5) is 0. The van der Waals surface area contributed by atoms with Crippen LogP contribution in [0.2, 0.25) is 10.0 Å². The Balaban J connectivity index is 2.45. The number of aryl methyl sites for hydroxylation is 1. The maximum Gasteiger partial charge on any atom is 0.126 e. The Labute approximate surface area is 109 Å². The number of hydrogen-bond acceptors (Lipinski definition) is 3. The van der Waals surface area contributed by atoms with E-state index in [4.69, 9.17) is 33.5 Å². The highest BCUT2D eigenvalue weighted by Crippen LogP contribution is 2.30. The molecule has 0 saturated carbocycles. The third-order valence-corrected chi connectivity index (χ3v) is 3.06. The lowest BCUT2D eigenvalue weighted by Gasteiger charge is -2.15. The molecule has 0 radical (unpaired) electrons. The second kappa shape index (κ2) is 5.10. The molecule has 90 valence electrons. The Morgan fingerprint density at radius 1 is 1.24 bits per heavy atom. The van der Waals surface area contributed by atoms with Gasteiger partial charge in [0.25, 0.3) is 0 Å². The van der Waals surface area contributed by atoms with Crippen molar-refractivity contribution in [3.63, 3.8) is 0 Å². The molecule has 0 spiro atoms. The van der Waals surface area contributed by atoms with E-state index >= 15 is 0 Å². The zero-order valence-electron chi connectivity index (χ0n) is 9.21. The molecule has 0 amide bonds. The van der Waals surface area contributed by atoms with Crippen molar-refractivity contribution in [1.29, 1.82) is 0 Å². The molecule has 5 heteroatoms. The maximum atomic E-state index is 6.13. The third kappa shape index (κ3) is 2.64. The molecule has 2 aromatic rings. The van der Waals surface area contributed by atoms with Crippen molar-refractivity contribution in [2.24, 2.45) is 5.84 Å². The van der Waals surface area contributed by atoms with Crippen LogP contribution in [0.25, 0.3) is 0 Å². The van der Waals surface area contributed by atoms with Gasteiger partial charge in [-0.1, -0.05) is 23.2 Å². The van der Waals surface area contributed by atoms with Crippen LogP contribution in [0.3, 0.4) is 0 Å². The molecule has 2 rings (SSSR count). The molecule has 1 aromatic heterocycles. The van der Waals surface area contributed by atoms with Crippen LogP contribution in [0.4, 0.5) is 0 Å². The largest absolute Gasteiger partial charge is 0.464 e. The van der Waals surface area contributed by atoms with Crippen LogP contribution in [0.1, 0.15) is 23.1 Å². The summed E-state index contributed by atoms with van der Waals surface area (Å²) in [6.45, 7) is 1.87. The van der Waals surface area contributed by atoms with Gasteiger partial charge in [-0.05, 0) is 42.8 Å². The van der Waals surface area contributed by atoms with Gasteiger partial charge in [-0.25, -0.2) is 5.43 Å². The van der Waals surface area contributed by atoms with Crippen LogP contribution >= 0.6 is 23.2 Å². The molecule has 1 atom stereocenters. The number of hydrazine groups is 1. The molecule has 1 heterocycles. The van der Waals surface area contributed by atoms with Gasteiger partial charge in [0.05, 0.1) is 0 Å². The van der Waals surface area contributed by atoms with Gasteiger partial charge in [0.1, 0.15) is 17.6 Å². The van der Waals surface area contributed by atoms with Gasteiger partial charge in [-0.3, -0.25) is 5.84 Å². The average Bonchev–Trinajstić information content (AvgIpc) is 2.71. The lowest BCUT2D eigenvalue weighted by molar-refractivity contribution is 0.435. The first kappa shape index (κ1) is 12.5. The zero-order valence-corrected chi connectivity index (χ0v) is 10.7. The molecule has 1 aromatic carbocycles. The fourth-order valence-electron chi connectivity index (χ4n) is 1.67. The van der Waals surface area contributed by atoms with Gasteiger partial charge >= 0.3 is 0 Å². The van der Waals surface area contributed by atoms with Crippen molar-refractivity contribution in [2.75, 3.05) is 0 Å². The Hall–Kier alpha value is -1.00. The van der Waals surface area contributed by atoms with Gasteiger partial charge in [-0.15, -0.1) is 0 Å². The van der Waals surface area contributed by atoms with Crippen molar-refractivity contribution < 1.29 is 4.42 Å². The standard InChI is InChI=1S/C12H12Cl2N2O/c1-7-2-5-11(17-7)12(16-15)9-6-8(13)3-4-10(9)14/h2-6,12,16H,15H2,1H3. The smallest absolute Gasteiger partial charge is 0.126 e. The van der Waals surface area contributed by atoms with Crippen LogP contribution in [-0.4, -0.2) is 0 Å². The summed E-state index contributed by atoms with van der Waals surface area (Å²) in [5.74, 6) is 7.07. The average molecular weight is 271 g/mol. The van der Waals surface area contributed by atoms with E-state index in [0.717, 1.165) is 11.3 Å². The SMILES string of the molecule is Cc1ccc(C(NN)c2cc(Cl)ccc2Cl)o1. The first-order valence-electron chi connectivity index (χ1n) is 5.09. The molecule has 3 nitrogen and oxygen atoms in total. The molecule has 0 aliphatic carbocycles. The molecular weight excluding hydrogens is 259 g/mol. The summed E-state index contributed by atoms with van der Waals surface area (Å²) in [6, 6.07) is 8.66. The highest BCUT2D eigenvalue weighted by Gasteiger charge is 2.19. The second-order valence-electron chi connectivity index (χ2n) is 3.71. The number of hydrogen-bond donors (Lipinski definition) is 2. The van der Waals surface area contributed by atoms with Crippen LogP contribution in [0.5, 0.6) is 0 Å². The minimum atomic E-state index is -0.310. The zero-order chi connectivity index (χ0) is 12.4. The summed E-state index contributed by atoms with van der Waals surface area (Å²) in [6.07, 6.45) is 0. The molecule has 17 heavy (non-hydrogen) atoms. The second-order valence-corrected chi connectivity index (χ2v) is 4.56. The van der Waals surface area contributed by atoms with Gasteiger partial charge < -0.3 is 4.42 Å². The van der Waals surface area contributed by atoms with E-state index in [-0.39, 0.29) is 6.04 Å². The van der Waals surface area contributed by atoms with E-state index < -0.39 is 0 Å². The van der Waals surface area contributed by atoms with Crippen molar-refractivity contribution in [3.8, 4) is 0 Å². The lowest BCUT2D eigenvalue weighted by Crippen LogP contribution is -2.28. The summed E-state index contributed by atoms with van der Waals surface area (Å²) < 4.78 is 5.54. The van der Waals surface area contributed by atoms with E-state index in [1.807, 2.05) is 19.1 Å². The molecule has 0 aliphatic rings. The van der Waals surface area contributed by atoms with E-state index in [2.05, 4.69) is 5.43 Å². The predicted molar refractivity (Wildman–Crippen MR) is 69.1 cm³/mol. The summed E-state index contributed by atoms with van der Waals surface area (Å²) >= 11 is 12.1. The number of benzene rings is 1. The predicted octanol–water partition coefficient (Wildman–Crippen LogP) is 3.45. The number of rotatable bonds is 3. The number of furan rings is 1. The van der Waals surface area contributed by atoms with Gasteiger partial charge in [0.15, 0.2) is 0 Å².